The van der Waals surface area contributed by atoms with E-state index in [0.717, 1.165) is 5.57 Å². The number of alkyl carbamates (subject to hydrolysis) is 1. The molecular weight excluding hydrogens is 118 g/mol. The molecule has 0 aliphatic rings. The maximum Gasteiger partial charge on any atom is 0.410 e. The molecule has 0 saturated carbocycles. The predicted octanol–water partition coefficient (Wildman–Crippen LogP) is 1.27. The van der Waals surface area contributed by atoms with Crippen LogP contribution in [0.3, 0.4) is 0 Å². The Morgan fingerprint density at radius 1 is 1.56 bits per heavy atom. The molecular formula is C6H11NO2. The highest BCUT2D eigenvalue weighted by Gasteiger charge is 1.90. The zero-order valence-corrected chi connectivity index (χ0v) is 5.89. The van der Waals surface area contributed by atoms with Crippen LogP contribution < -0.4 is 5.32 Å². The van der Waals surface area contributed by atoms with Crippen molar-refractivity contribution in [3.63, 3.8) is 0 Å². The van der Waals surface area contributed by atoms with Crippen LogP contribution in [0.15, 0.2) is 11.8 Å². The molecule has 0 radical (unpaired) electrons. The van der Waals surface area contributed by atoms with Gasteiger partial charge in [-0.1, -0.05) is 5.57 Å². The second kappa shape index (κ2) is 3.95. The quantitative estimate of drug-likeness (QED) is 0.579. The average Bonchev–Trinajstić information content (AvgIpc) is 1.83. The summed E-state index contributed by atoms with van der Waals surface area (Å²) in [7, 11) is 1.33. The van der Waals surface area contributed by atoms with Gasteiger partial charge in [0, 0.05) is 6.20 Å². The normalized spacial score (nSPS) is 7.89. The summed E-state index contributed by atoms with van der Waals surface area (Å²) in [6.45, 7) is 3.77. The molecule has 0 aliphatic heterocycles. The van der Waals surface area contributed by atoms with Crippen molar-refractivity contribution < 1.29 is 9.53 Å². The summed E-state index contributed by atoms with van der Waals surface area (Å²) in [5.41, 5.74) is 1.03. The second-order valence-corrected chi connectivity index (χ2v) is 1.86. The molecule has 0 unspecified atom stereocenters. The van der Waals surface area contributed by atoms with E-state index < -0.39 is 6.09 Å². The zero-order valence-electron chi connectivity index (χ0n) is 5.89. The summed E-state index contributed by atoms with van der Waals surface area (Å²) in [4.78, 5) is 10.3. The fourth-order valence-corrected chi connectivity index (χ4v) is 0.262. The van der Waals surface area contributed by atoms with E-state index in [1.54, 1.807) is 6.20 Å². The van der Waals surface area contributed by atoms with Crippen molar-refractivity contribution in [2.75, 3.05) is 7.11 Å². The standard InChI is InChI=1S/C6H11NO2/c1-5(2)4-7-6(8)9-3/h4H,1-3H3,(H,7,8). The first kappa shape index (κ1) is 8.01. The number of carbonyl (C=O) groups excluding carboxylic acids is 1. The molecule has 0 fully saturated rings. The lowest BCUT2D eigenvalue weighted by atomic mass is 10.4. The van der Waals surface area contributed by atoms with Crippen molar-refractivity contribution in [3.8, 4) is 0 Å². The van der Waals surface area contributed by atoms with E-state index in [0.29, 0.717) is 0 Å². The van der Waals surface area contributed by atoms with Gasteiger partial charge in [-0.25, -0.2) is 4.79 Å². The minimum absolute atomic E-state index is 0.434. The van der Waals surface area contributed by atoms with Crippen LogP contribution in [-0.2, 0) is 4.74 Å². The Hall–Kier alpha value is -0.990. The van der Waals surface area contributed by atoms with E-state index in [1.165, 1.54) is 7.11 Å². The Bertz CT molecular complexity index is 125. The highest BCUT2D eigenvalue weighted by molar-refractivity contribution is 5.68. The third kappa shape index (κ3) is 4.87. The molecule has 0 rings (SSSR count). The number of carbonyl (C=O) groups is 1. The Kier molecular flexibility index (Phi) is 3.51. The van der Waals surface area contributed by atoms with Gasteiger partial charge in [0.2, 0.25) is 0 Å². The number of hydrogen-bond acceptors (Lipinski definition) is 2. The summed E-state index contributed by atoms with van der Waals surface area (Å²) >= 11 is 0. The van der Waals surface area contributed by atoms with Crippen LogP contribution in [0.4, 0.5) is 4.79 Å². The predicted molar refractivity (Wildman–Crippen MR) is 35.0 cm³/mol. The van der Waals surface area contributed by atoms with Crippen LogP contribution in [0.5, 0.6) is 0 Å². The lowest BCUT2D eigenvalue weighted by molar-refractivity contribution is 0.175. The van der Waals surface area contributed by atoms with Crippen molar-refractivity contribution >= 4 is 6.09 Å². The molecule has 9 heavy (non-hydrogen) atoms. The number of hydrogen-bond donors (Lipinski definition) is 1. The molecule has 52 valence electrons. The first-order chi connectivity index (χ1) is 4.16. The van der Waals surface area contributed by atoms with E-state index in [4.69, 9.17) is 0 Å². The molecule has 0 spiro atoms. The first-order valence-corrected chi connectivity index (χ1v) is 2.64. The van der Waals surface area contributed by atoms with Gasteiger partial charge in [-0.05, 0) is 13.8 Å². The Balaban J connectivity index is 3.50. The second-order valence-electron chi connectivity index (χ2n) is 1.86. The van der Waals surface area contributed by atoms with E-state index in [2.05, 4.69) is 10.1 Å². The maximum atomic E-state index is 10.3. The molecule has 0 aromatic heterocycles. The van der Waals surface area contributed by atoms with Crippen molar-refractivity contribution in [2.45, 2.75) is 13.8 Å². The molecule has 0 aliphatic carbocycles. The van der Waals surface area contributed by atoms with Gasteiger partial charge < -0.3 is 4.74 Å². The third-order valence-corrected chi connectivity index (χ3v) is 0.664. The largest absolute Gasteiger partial charge is 0.453 e. The van der Waals surface area contributed by atoms with Gasteiger partial charge in [-0.2, -0.15) is 0 Å². The number of methoxy groups -OCH3 is 1. The molecule has 1 N–H and O–H groups in total. The number of nitrogens with one attached hydrogen (secondary N) is 1. The van der Waals surface area contributed by atoms with Crippen LogP contribution in [0.25, 0.3) is 0 Å². The van der Waals surface area contributed by atoms with E-state index in [1.807, 2.05) is 13.8 Å². The molecule has 0 heterocycles. The molecule has 1 amide bonds. The zero-order chi connectivity index (χ0) is 7.28. The summed E-state index contributed by atoms with van der Waals surface area (Å²) in [6.07, 6.45) is 1.16. The fraction of sp³-hybridized carbons (Fsp3) is 0.500. The fourth-order valence-electron chi connectivity index (χ4n) is 0.262. The number of ether oxygens (including phenoxy) is 1. The molecule has 0 aromatic carbocycles. The Morgan fingerprint density at radius 3 is 2.44 bits per heavy atom. The minimum Gasteiger partial charge on any atom is -0.453 e. The molecule has 0 saturated heterocycles. The van der Waals surface area contributed by atoms with Crippen molar-refractivity contribution in [1.29, 1.82) is 0 Å². The van der Waals surface area contributed by atoms with Gasteiger partial charge in [0.15, 0.2) is 0 Å². The van der Waals surface area contributed by atoms with Gasteiger partial charge in [-0.3, -0.25) is 5.32 Å². The van der Waals surface area contributed by atoms with E-state index >= 15 is 0 Å². The lowest BCUT2D eigenvalue weighted by Gasteiger charge is -1.95. The van der Waals surface area contributed by atoms with Crippen LogP contribution in [0.1, 0.15) is 13.8 Å². The highest BCUT2D eigenvalue weighted by Crippen LogP contribution is 1.83. The molecule has 3 heteroatoms. The number of amides is 1. The Morgan fingerprint density at radius 2 is 2.11 bits per heavy atom. The van der Waals surface area contributed by atoms with Gasteiger partial charge in [0.25, 0.3) is 0 Å². The van der Waals surface area contributed by atoms with Crippen molar-refractivity contribution in [1.82, 2.24) is 5.32 Å². The van der Waals surface area contributed by atoms with E-state index in [9.17, 15) is 4.79 Å². The van der Waals surface area contributed by atoms with Crippen LogP contribution >= 0.6 is 0 Å². The van der Waals surface area contributed by atoms with Crippen molar-refractivity contribution in [2.24, 2.45) is 0 Å². The van der Waals surface area contributed by atoms with Gasteiger partial charge in [0.05, 0.1) is 7.11 Å². The van der Waals surface area contributed by atoms with Gasteiger partial charge in [-0.15, -0.1) is 0 Å². The van der Waals surface area contributed by atoms with Gasteiger partial charge >= 0.3 is 6.09 Å². The minimum atomic E-state index is -0.434. The summed E-state index contributed by atoms with van der Waals surface area (Å²) < 4.78 is 4.31. The molecule has 3 nitrogen and oxygen atoms in total. The van der Waals surface area contributed by atoms with Crippen molar-refractivity contribution in [3.05, 3.63) is 11.8 Å². The van der Waals surface area contributed by atoms with Gasteiger partial charge in [0.1, 0.15) is 0 Å². The average molecular weight is 129 g/mol. The molecule has 0 bridgehead atoms. The van der Waals surface area contributed by atoms with Crippen LogP contribution in [0.2, 0.25) is 0 Å². The number of rotatable bonds is 1. The smallest absolute Gasteiger partial charge is 0.410 e. The number of allylic oxidation sites excluding steroid dienone is 1. The molecule has 0 aromatic rings. The van der Waals surface area contributed by atoms with Crippen LogP contribution in [0, 0.1) is 0 Å². The third-order valence-electron chi connectivity index (χ3n) is 0.664. The summed E-state index contributed by atoms with van der Waals surface area (Å²) in [6, 6.07) is 0. The lowest BCUT2D eigenvalue weighted by Crippen LogP contribution is -2.16. The summed E-state index contributed by atoms with van der Waals surface area (Å²) in [5, 5.41) is 2.41. The molecule has 0 atom stereocenters. The van der Waals surface area contributed by atoms with Crippen LogP contribution in [-0.4, -0.2) is 13.2 Å². The maximum absolute atomic E-state index is 10.3. The van der Waals surface area contributed by atoms with E-state index in [-0.39, 0.29) is 0 Å². The highest BCUT2D eigenvalue weighted by atomic mass is 16.5. The Labute approximate surface area is 54.7 Å². The topological polar surface area (TPSA) is 38.3 Å². The monoisotopic (exact) mass is 129 g/mol. The SMILES string of the molecule is COC(=O)NC=C(C)C. The summed E-state index contributed by atoms with van der Waals surface area (Å²) in [5.74, 6) is 0. The first-order valence-electron chi connectivity index (χ1n) is 2.64.